The fourth-order valence-corrected chi connectivity index (χ4v) is 7.90. The molecular formula is C26H22N4O9S3. The topological polar surface area (TPSA) is 186 Å². The highest BCUT2D eigenvalue weighted by atomic mass is 32.3. The molecule has 0 saturated carbocycles. The SMILES string of the molecule is O=S(=O)(O)C1N(c2cc(-c3ccccc3)ccn2)C(c2ccccc2)=C(c2ccccc2)N(S(=O)(=O)O)N1S(=O)(=O)O. The molecule has 0 amide bonds. The lowest BCUT2D eigenvalue weighted by Gasteiger charge is -2.47. The molecule has 5 rings (SSSR count). The summed E-state index contributed by atoms with van der Waals surface area (Å²) < 4.78 is 108. The Morgan fingerprint density at radius 1 is 0.571 bits per heavy atom. The maximum atomic E-state index is 13.0. The third kappa shape index (κ3) is 5.64. The number of anilines is 1. The van der Waals surface area contributed by atoms with Crippen molar-refractivity contribution in [1.82, 2.24) is 13.8 Å². The second kappa shape index (κ2) is 10.9. The van der Waals surface area contributed by atoms with Crippen LogP contribution in [0.1, 0.15) is 11.1 Å². The Kier molecular flexibility index (Phi) is 7.62. The third-order valence-electron chi connectivity index (χ3n) is 6.16. The molecule has 42 heavy (non-hydrogen) atoms. The minimum atomic E-state index is -5.86. The summed E-state index contributed by atoms with van der Waals surface area (Å²) >= 11 is 0. The van der Waals surface area contributed by atoms with Crippen LogP contribution in [-0.2, 0) is 30.7 Å². The van der Waals surface area contributed by atoms with Gasteiger partial charge in [0.1, 0.15) is 11.5 Å². The van der Waals surface area contributed by atoms with Crippen LogP contribution in [-0.4, -0.2) is 58.2 Å². The van der Waals surface area contributed by atoms with E-state index in [1.807, 2.05) is 0 Å². The van der Waals surface area contributed by atoms with Crippen molar-refractivity contribution in [2.45, 2.75) is 5.50 Å². The Labute approximate surface area is 242 Å². The first-order chi connectivity index (χ1) is 19.8. The van der Waals surface area contributed by atoms with Crippen molar-refractivity contribution >= 4 is 47.9 Å². The molecule has 218 valence electrons. The maximum absolute atomic E-state index is 13.0. The number of nitrogens with zero attached hydrogens (tertiary/aromatic N) is 4. The fourth-order valence-electron chi connectivity index (χ4n) is 4.58. The monoisotopic (exact) mass is 630 g/mol. The number of rotatable bonds is 7. The van der Waals surface area contributed by atoms with Gasteiger partial charge in [0.2, 0.25) is 0 Å². The van der Waals surface area contributed by atoms with Crippen LogP contribution >= 0.6 is 0 Å². The summed E-state index contributed by atoms with van der Waals surface area (Å²) in [5, 5.41) is 0. The van der Waals surface area contributed by atoms with Crippen molar-refractivity contribution in [3.63, 3.8) is 0 Å². The highest BCUT2D eigenvalue weighted by Crippen LogP contribution is 2.45. The smallest absolute Gasteiger partial charge is 0.289 e. The molecule has 1 aliphatic rings. The van der Waals surface area contributed by atoms with Gasteiger partial charge < -0.3 is 0 Å². The van der Waals surface area contributed by atoms with Crippen molar-refractivity contribution in [3.8, 4) is 11.1 Å². The van der Waals surface area contributed by atoms with Crippen LogP contribution in [0.4, 0.5) is 5.82 Å². The number of pyridine rings is 1. The first-order valence-corrected chi connectivity index (χ1v) is 16.2. The lowest BCUT2D eigenvalue weighted by molar-refractivity contribution is 0.163. The zero-order chi connectivity index (χ0) is 30.3. The van der Waals surface area contributed by atoms with Gasteiger partial charge in [0.25, 0.3) is 5.50 Å². The summed E-state index contributed by atoms with van der Waals surface area (Å²) in [4.78, 5) is 5.00. The minimum Gasteiger partial charge on any atom is -0.289 e. The van der Waals surface area contributed by atoms with E-state index in [-0.39, 0.29) is 27.1 Å². The molecule has 13 nitrogen and oxygen atoms in total. The molecule has 0 bridgehead atoms. The van der Waals surface area contributed by atoms with Gasteiger partial charge in [0.15, 0.2) is 0 Å². The van der Waals surface area contributed by atoms with E-state index in [2.05, 4.69) is 4.98 Å². The molecule has 1 unspecified atom stereocenters. The van der Waals surface area contributed by atoms with E-state index in [1.165, 1.54) is 48.7 Å². The standard InChI is InChI=1S/C26H22N4O9S3/c31-40(32,33)26-28(23-18-22(16-17-27-23)19-10-4-1-5-11-19)24(20-12-6-2-7-13-20)25(21-14-8-3-9-15-21)29(41(34,35)36)30(26)42(37,38)39/h1-18,26H,(H,31,32,33)(H,34,35,36)(H,37,38,39). The molecule has 3 aromatic carbocycles. The van der Waals surface area contributed by atoms with E-state index in [1.54, 1.807) is 60.7 Å². The second-order valence-electron chi connectivity index (χ2n) is 8.88. The fraction of sp³-hybridized carbons (Fsp3) is 0.0385. The van der Waals surface area contributed by atoms with Gasteiger partial charge in [-0.1, -0.05) is 91.0 Å². The predicted octanol–water partition coefficient (Wildman–Crippen LogP) is 3.39. The molecule has 0 aliphatic carbocycles. The number of hydrogen-bond donors (Lipinski definition) is 3. The Bertz CT molecular complexity index is 1970. The van der Waals surface area contributed by atoms with E-state index in [0.29, 0.717) is 11.1 Å². The van der Waals surface area contributed by atoms with Crippen molar-refractivity contribution < 1.29 is 38.9 Å². The lowest BCUT2D eigenvalue weighted by Crippen LogP contribution is -2.64. The summed E-state index contributed by atoms with van der Waals surface area (Å²) in [6.07, 6.45) is 1.30. The van der Waals surface area contributed by atoms with Gasteiger partial charge in [-0.3, -0.25) is 18.6 Å². The Balaban J connectivity index is 1.99. The van der Waals surface area contributed by atoms with Crippen LogP contribution in [0.25, 0.3) is 22.5 Å². The molecule has 3 N–H and O–H groups in total. The minimum absolute atomic E-state index is 0.0133. The van der Waals surface area contributed by atoms with Gasteiger partial charge >= 0.3 is 30.7 Å². The molecule has 0 saturated heterocycles. The first kappa shape index (κ1) is 29.3. The average Bonchev–Trinajstić information content (AvgIpc) is 2.95. The molecule has 2 heterocycles. The summed E-state index contributed by atoms with van der Waals surface area (Å²) in [7, 11) is -17.2. The Hall–Kier alpha value is -4.16. The summed E-state index contributed by atoms with van der Waals surface area (Å²) in [6, 6.07) is 26.7. The molecule has 0 radical (unpaired) electrons. The predicted molar refractivity (Wildman–Crippen MR) is 154 cm³/mol. The molecule has 0 fully saturated rings. The third-order valence-corrected chi connectivity index (χ3v) is 8.97. The van der Waals surface area contributed by atoms with Crippen LogP contribution < -0.4 is 4.90 Å². The van der Waals surface area contributed by atoms with E-state index < -0.39 is 46.3 Å². The van der Waals surface area contributed by atoms with Crippen molar-refractivity contribution in [3.05, 3.63) is 120 Å². The van der Waals surface area contributed by atoms with E-state index in [9.17, 15) is 38.9 Å². The number of hydrogen-bond acceptors (Lipinski definition) is 8. The lowest BCUT2D eigenvalue weighted by atomic mass is 10.0. The van der Waals surface area contributed by atoms with Crippen LogP contribution in [0.5, 0.6) is 0 Å². The molecule has 0 spiro atoms. The average molecular weight is 631 g/mol. The zero-order valence-electron chi connectivity index (χ0n) is 21.3. The number of benzene rings is 3. The summed E-state index contributed by atoms with van der Waals surface area (Å²) in [5.41, 5.74) is -2.47. The Morgan fingerprint density at radius 3 is 1.50 bits per heavy atom. The molecule has 16 heteroatoms. The van der Waals surface area contributed by atoms with E-state index >= 15 is 0 Å². The highest BCUT2D eigenvalue weighted by molar-refractivity contribution is 7.89. The van der Waals surface area contributed by atoms with Crippen molar-refractivity contribution in [2.75, 3.05) is 4.90 Å². The van der Waals surface area contributed by atoms with Gasteiger partial charge in [0.05, 0.1) is 5.70 Å². The molecule has 1 aromatic heterocycles. The molecule has 4 aromatic rings. The molecular weight excluding hydrogens is 609 g/mol. The normalized spacial score (nSPS) is 17.0. The number of aromatic nitrogens is 1. The van der Waals surface area contributed by atoms with Gasteiger partial charge in [-0.05, 0) is 27.7 Å². The van der Waals surface area contributed by atoms with Gasteiger partial charge in [-0.15, -0.1) is 0 Å². The first-order valence-electron chi connectivity index (χ1n) is 11.9. The summed E-state index contributed by atoms with van der Waals surface area (Å²) in [5.74, 6) is -0.255. The van der Waals surface area contributed by atoms with Crippen LogP contribution in [0.15, 0.2) is 109 Å². The van der Waals surface area contributed by atoms with Gasteiger partial charge in [-0.2, -0.15) is 29.7 Å². The highest BCUT2D eigenvalue weighted by Gasteiger charge is 2.56. The maximum Gasteiger partial charge on any atom is 0.375 e. The zero-order valence-corrected chi connectivity index (χ0v) is 23.7. The molecule has 1 aliphatic heterocycles. The van der Waals surface area contributed by atoms with Crippen LogP contribution in [0.3, 0.4) is 0 Å². The van der Waals surface area contributed by atoms with Crippen molar-refractivity contribution in [2.24, 2.45) is 0 Å². The number of hydrazine groups is 1. The van der Waals surface area contributed by atoms with Crippen molar-refractivity contribution in [1.29, 1.82) is 0 Å². The van der Waals surface area contributed by atoms with E-state index in [4.69, 9.17) is 0 Å². The quantitative estimate of drug-likeness (QED) is 0.254. The van der Waals surface area contributed by atoms with Gasteiger partial charge in [-0.25, -0.2) is 4.98 Å². The largest absolute Gasteiger partial charge is 0.375 e. The second-order valence-corrected chi connectivity index (χ2v) is 12.8. The summed E-state index contributed by atoms with van der Waals surface area (Å²) in [6.45, 7) is 0. The Morgan fingerprint density at radius 2 is 1.05 bits per heavy atom. The van der Waals surface area contributed by atoms with Crippen LogP contribution in [0, 0.1) is 0 Å². The van der Waals surface area contributed by atoms with E-state index in [0.717, 1.165) is 4.90 Å². The molecule has 1 atom stereocenters. The van der Waals surface area contributed by atoms with Crippen LogP contribution in [0.2, 0.25) is 0 Å². The van der Waals surface area contributed by atoms with Gasteiger partial charge in [0, 0.05) is 17.3 Å².